The van der Waals surface area contributed by atoms with E-state index in [0.29, 0.717) is 40.8 Å². The fourth-order valence-corrected chi connectivity index (χ4v) is 4.09. The first-order valence-corrected chi connectivity index (χ1v) is 10.7. The Morgan fingerprint density at radius 2 is 2.16 bits per heavy atom. The minimum absolute atomic E-state index is 0.0524. The molecule has 0 amide bonds. The van der Waals surface area contributed by atoms with Crippen LogP contribution in [0.2, 0.25) is 0 Å². The number of pyridine rings is 1. The van der Waals surface area contributed by atoms with Crippen molar-refractivity contribution < 1.29 is 9.50 Å². The lowest BCUT2D eigenvalue weighted by atomic mass is 9.98. The van der Waals surface area contributed by atoms with E-state index in [0.717, 1.165) is 19.2 Å². The molecule has 2 unspecified atom stereocenters. The molecule has 3 aromatic heterocycles. The summed E-state index contributed by atoms with van der Waals surface area (Å²) in [6.07, 6.45) is 5.24. The molecule has 0 saturated carbocycles. The first-order valence-electron chi connectivity index (χ1n) is 10.7. The molecular weight excluding hydrogens is 409 g/mol. The van der Waals surface area contributed by atoms with E-state index in [1.54, 1.807) is 10.9 Å². The van der Waals surface area contributed by atoms with Gasteiger partial charge in [0.15, 0.2) is 17.3 Å². The van der Waals surface area contributed by atoms with Crippen LogP contribution in [-0.2, 0) is 0 Å². The normalized spacial score (nSPS) is 16.0. The summed E-state index contributed by atoms with van der Waals surface area (Å²) < 4.78 is 15.6. The minimum atomic E-state index is -0.453. The number of benzene rings is 1. The van der Waals surface area contributed by atoms with E-state index >= 15 is 0 Å². The van der Waals surface area contributed by atoms with Crippen molar-refractivity contribution in [1.82, 2.24) is 24.5 Å². The molecule has 0 bridgehead atoms. The third-order valence-corrected chi connectivity index (χ3v) is 5.85. The van der Waals surface area contributed by atoms with Crippen molar-refractivity contribution in [2.75, 3.05) is 30.3 Å². The van der Waals surface area contributed by atoms with Gasteiger partial charge in [0, 0.05) is 36.5 Å². The molecule has 4 heterocycles. The summed E-state index contributed by atoms with van der Waals surface area (Å²) in [4.78, 5) is 17.7. The van der Waals surface area contributed by atoms with Gasteiger partial charge in [0.1, 0.15) is 11.3 Å². The van der Waals surface area contributed by atoms with Crippen LogP contribution in [0.4, 0.5) is 15.9 Å². The Bertz CT molecular complexity index is 1260. The van der Waals surface area contributed by atoms with Crippen LogP contribution in [0, 0.1) is 5.82 Å². The second-order valence-electron chi connectivity index (χ2n) is 8.02. The van der Waals surface area contributed by atoms with Crippen LogP contribution in [0.3, 0.4) is 0 Å². The highest BCUT2D eigenvalue weighted by Crippen LogP contribution is 2.33. The summed E-state index contributed by atoms with van der Waals surface area (Å²) >= 11 is 0. The lowest BCUT2D eigenvalue weighted by Gasteiger charge is -2.14. The number of hydrogen-bond donors (Lipinski definition) is 3. The predicted octanol–water partition coefficient (Wildman–Crippen LogP) is 3.59. The third kappa shape index (κ3) is 3.75. The summed E-state index contributed by atoms with van der Waals surface area (Å²) in [5.41, 5.74) is 4.20. The molecule has 0 spiro atoms. The molecule has 8 nitrogen and oxygen atoms in total. The largest absolute Gasteiger partial charge is 0.394 e. The number of para-hydroxylation sites is 1. The Kier molecular flexibility index (Phi) is 5.40. The maximum Gasteiger partial charge on any atom is 0.166 e. The first kappa shape index (κ1) is 20.3. The highest BCUT2D eigenvalue weighted by Gasteiger charge is 2.22. The van der Waals surface area contributed by atoms with E-state index in [1.807, 2.05) is 13.0 Å². The minimum Gasteiger partial charge on any atom is -0.394 e. The van der Waals surface area contributed by atoms with Crippen LogP contribution in [0.25, 0.3) is 22.6 Å². The van der Waals surface area contributed by atoms with Gasteiger partial charge in [-0.1, -0.05) is 18.2 Å². The fraction of sp³-hybridized carbons (Fsp3) is 0.304. The average Bonchev–Trinajstić information content (AvgIpc) is 3.43. The quantitative estimate of drug-likeness (QED) is 0.409. The van der Waals surface area contributed by atoms with E-state index in [2.05, 4.69) is 48.8 Å². The third-order valence-electron chi connectivity index (χ3n) is 5.85. The summed E-state index contributed by atoms with van der Waals surface area (Å²) in [5.74, 6) is 0.893. The topological polar surface area (TPSA) is 101 Å². The second-order valence-corrected chi connectivity index (χ2v) is 8.02. The molecular formula is C23H24FN7O. The Labute approximate surface area is 184 Å². The van der Waals surface area contributed by atoms with Crippen LogP contribution in [0.15, 0.2) is 49.1 Å². The molecule has 164 valence electrons. The van der Waals surface area contributed by atoms with Crippen molar-refractivity contribution in [2.24, 2.45) is 0 Å². The highest BCUT2D eigenvalue weighted by molar-refractivity contribution is 5.85. The molecule has 0 aliphatic carbocycles. The van der Waals surface area contributed by atoms with Gasteiger partial charge in [-0.25, -0.2) is 19.3 Å². The molecule has 32 heavy (non-hydrogen) atoms. The molecule has 5 rings (SSSR count). The molecule has 4 aromatic rings. The Morgan fingerprint density at radius 3 is 3.00 bits per heavy atom. The SMILES string of the molecule is CC(CO)n1cnc2c(NCCC3CNc4ccccc43)nc(-c3cncc(F)c3)nc21. The van der Waals surface area contributed by atoms with Crippen molar-refractivity contribution >= 4 is 22.7 Å². The maximum absolute atomic E-state index is 13.8. The van der Waals surface area contributed by atoms with E-state index in [1.165, 1.54) is 23.5 Å². The lowest BCUT2D eigenvalue weighted by molar-refractivity contribution is 0.241. The van der Waals surface area contributed by atoms with E-state index in [4.69, 9.17) is 0 Å². The molecule has 0 fully saturated rings. The number of aliphatic hydroxyl groups excluding tert-OH is 1. The Hall–Kier alpha value is -3.59. The van der Waals surface area contributed by atoms with Crippen LogP contribution in [0.1, 0.15) is 30.9 Å². The zero-order valence-corrected chi connectivity index (χ0v) is 17.7. The van der Waals surface area contributed by atoms with Gasteiger partial charge in [0.2, 0.25) is 0 Å². The van der Waals surface area contributed by atoms with E-state index in [-0.39, 0.29) is 12.6 Å². The number of nitrogens with one attached hydrogen (secondary N) is 2. The molecule has 1 aromatic carbocycles. The summed E-state index contributed by atoms with van der Waals surface area (Å²) in [5, 5.41) is 16.5. The highest BCUT2D eigenvalue weighted by atomic mass is 19.1. The van der Waals surface area contributed by atoms with Gasteiger partial charge in [-0.2, -0.15) is 0 Å². The van der Waals surface area contributed by atoms with Crippen molar-refractivity contribution in [3.63, 3.8) is 0 Å². The lowest BCUT2D eigenvalue weighted by Crippen LogP contribution is -2.12. The Balaban J connectivity index is 1.45. The van der Waals surface area contributed by atoms with Gasteiger partial charge in [-0.15, -0.1) is 0 Å². The summed E-state index contributed by atoms with van der Waals surface area (Å²) in [6, 6.07) is 9.52. The Morgan fingerprint density at radius 1 is 1.28 bits per heavy atom. The van der Waals surface area contributed by atoms with Crippen LogP contribution >= 0.6 is 0 Å². The number of nitrogens with zero attached hydrogens (tertiary/aromatic N) is 5. The number of anilines is 2. The van der Waals surface area contributed by atoms with E-state index in [9.17, 15) is 9.50 Å². The molecule has 9 heteroatoms. The van der Waals surface area contributed by atoms with Gasteiger partial charge in [-0.05, 0) is 31.0 Å². The first-order chi connectivity index (χ1) is 15.6. The number of rotatable bonds is 7. The van der Waals surface area contributed by atoms with Gasteiger partial charge in [0.05, 0.1) is 25.2 Å². The molecule has 0 radical (unpaired) electrons. The monoisotopic (exact) mass is 433 g/mol. The van der Waals surface area contributed by atoms with Gasteiger partial charge in [0.25, 0.3) is 0 Å². The van der Waals surface area contributed by atoms with Crippen molar-refractivity contribution in [2.45, 2.75) is 25.3 Å². The molecule has 2 atom stereocenters. The summed E-state index contributed by atoms with van der Waals surface area (Å²) in [6.45, 7) is 3.42. The van der Waals surface area contributed by atoms with Crippen molar-refractivity contribution in [3.8, 4) is 11.4 Å². The number of fused-ring (bicyclic) bond motifs is 2. The predicted molar refractivity (Wildman–Crippen MR) is 121 cm³/mol. The zero-order chi connectivity index (χ0) is 22.1. The molecule has 1 aliphatic heterocycles. The number of halogens is 1. The van der Waals surface area contributed by atoms with E-state index < -0.39 is 5.82 Å². The van der Waals surface area contributed by atoms with Crippen molar-refractivity contribution in [1.29, 1.82) is 0 Å². The maximum atomic E-state index is 13.8. The molecule has 3 N–H and O–H groups in total. The van der Waals surface area contributed by atoms with Crippen LogP contribution in [0.5, 0.6) is 0 Å². The number of imidazole rings is 1. The standard InChI is InChI=1S/C23H24FN7O/c1-14(12-32)31-13-28-20-22(26-7-6-15-10-27-19-5-3-2-4-18(15)19)29-21(30-23(20)31)16-8-17(24)11-25-9-16/h2-5,8-9,11,13-15,27,32H,6-7,10,12H2,1H3,(H,26,29,30). The smallest absolute Gasteiger partial charge is 0.166 e. The molecule has 1 aliphatic rings. The number of hydrogen-bond acceptors (Lipinski definition) is 7. The van der Waals surface area contributed by atoms with Gasteiger partial charge in [-0.3, -0.25) is 4.98 Å². The number of aliphatic hydroxyl groups is 1. The summed E-state index contributed by atoms with van der Waals surface area (Å²) in [7, 11) is 0. The van der Waals surface area contributed by atoms with Crippen LogP contribution < -0.4 is 10.6 Å². The van der Waals surface area contributed by atoms with Crippen LogP contribution in [-0.4, -0.2) is 49.3 Å². The molecule has 0 saturated heterocycles. The second kappa shape index (κ2) is 8.51. The van der Waals surface area contributed by atoms with Crippen molar-refractivity contribution in [3.05, 3.63) is 60.4 Å². The zero-order valence-electron chi connectivity index (χ0n) is 17.7. The van der Waals surface area contributed by atoms with Gasteiger partial charge >= 0.3 is 0 Å². The average molecular weight is 433 g/mol. The fourth-order valence-electron chi connectivity index (χ4n) is 4.09. The number of aromatic nitrogens is 5. The van der Waals surface area contributed by atoms with Gasteiger partial charge < -0.3 is 20.3 Å².